The van der Waals surface area contributed by atoms with Gasteiger partial charge in [-0.05, 0) is 32.4 Å². The lowest BCUT2D eigenvalue weighted by molar-refractivity contribution is -0.156. The van der Waals surface area contributed by atoms with E-state index in [4.69, 9.17) is 14.2 Å². The summed E-state index contributed by atoms with van der Waals surface area (Å²) in [7, 11) is 0. The molecular weight excluding hydrogens is 280 g/mol. The maximum atomic E-state index is 11.8. The molecule has 1 heterocycles. The molecule has 0 aromatic heterocycles. The van der Waals surface area contributed by atoms with Crippen LogP contribution in [0.4, 0.5) is 0 Å². The smallest absolute Gasteiger partial charge is 0.333 e. The van der Waals surface area contributed by atoms with E-state index in [-0.39, 0.29) is 13.0 Å². The van der Waals surface area contributed by atoms with Crippen molar-refractivity contribution in [3.05, 3.63) is 12.2 Å². The topological polar surface area (TPSA) is 61.8 Å². The van der Waals surface area contributed by atoms with Gasteiger partial charge in [0.1, 0.15) is 6.61 Å². The molecule has 1 atom stereocenters. The average molecular weight is 302 g/mol. The number of rotatable bonds is 5. The van der Waals surface area contributed by atoms with Crippen LogP contribution in [-0.4, -0.2) is 42.4 Å². The third-order valence-electron chi connectivity index (χ3n) is 2.67. The van der Waals surface area contributed by atoms with Crippen LogP contribution in [-0.2, 0) is 23.8 Å². The second-order valence-corrected chi connectivity index (χ2v) is 6.44. The number of esters is 2. The quantitative estimate of drug-likeness (QED) is 0.573. The Labute approximate surface area is 124 Å². The molecule has 1 rings (SSSR count). The molecule has 20 heavy (non-hydrogen) atoms. The van der Waals surface area contributed by atoms with Crippen LogP contribution < -0.4 is 0 Å². The molecule has 0 amide bonds. The summed E-state index contributed by atoms with van der Waals surface area (Å²) in [6.07, 6.45) is 2.12. The monoisotopic (exact) mass is 302 g/mol. The van der Waals surface area contributed by atoms with Crippen LogP contribution in [0.3, 0.4) is 0 Å². The van der Waals surface area contributed by atoms with E-state index in [0.717, 1.165) is 18.6 Å². The maximum Gasteiger partial charge on any atom is 0.333 e. The van der Waals surface area contributed by atoms with E-state index >= 15 is 0 Å². The summed E-state index contributed by atoms with van der Waals surface area (Å²) < 4.78 is 15.8. The minimum atomic E-state index is -0.657. The van der Waals surface area contributed by atoms with Crippen LogP contribution in [0.25, 0.3) is 0 Å². The van der Waals surface area contributed by atoms with Gasteiger partial charge in [-0.25, -0.2) is 4.79 Å². The first kappa shape index (κ1) is 17.0. The van der Waals surface area contributed by atoms with Crippen molar-refractivity contribution in [2.75, 3.05) is 25.6 Å². The molecule has 5 nitrogen and oxygen atoms in total. The maximum absolute atomic E-state index is 11.8. The molecule has 0 radical (unpaired) electrons. The Morgan fingerprint density at radius 1 is 1.40 bits per heavy atom. The van der Waals surface area contributed by atoms with Gasteiger partial charge in [-0.3, -0.25) is 4.79 Å². The van der Waals surface area contributed by atoms with E-state index in [1.807, 2.05) is 6.92 Å². The second kappa shape index (κ2) is 8.32. The van der Waals surface area contributed by atoms with E-state index in [1.54, 1.807) is 18.7 Å². The van der Waals surface area contributed by atoms with Gasteiger partial charge in [0.15, 0.2) is 4.93 Å². The largest absolute Gasteiger partial charge is 0.462 e. The number of ether oxygens (including phenoxy) is 3. The highest BCUT2D eigenvalue weighted by molar-refractivity contribution is 8.00. The fourth-order valence-electron chi connectivity index (χ4n) is 1.59. The Bertz CT molecular complexity index is 359. The molecule has 0 aliphatic carbocycles. The highest BCUT2D eigenvalue weighted by Gasteiger charge is 2.30. The van der Waals surface area contributed by atoms with Crippen molar-refractivity contribution >= 4 is 23.7 Å². The minimum Gasteiger partial charge on any atom is -0.462 e. The van der Waals surface area contributed by atoms with Crippen molar-refractivity contribution in [2.45, 2.75) is 38.0 Å². The van der Waals surface area contributed by atoms with Gasteiger partial charge < -0.3 is 14.2 Å². The molecule has 1 fully saturated rings. The van der Waals surface area contributed by atoms with Crippen LogP contribution in [0.5, 0.6) is 0 Å². The predicted molar refractivity (Wildman–Crippen MR) is 77.4 cm³/mol. The lowest BCUT2D eigenvalue weighted by Gasteiger charge is -2.30. The van der Waals surface area contributed by atoms with Crippen molar-refractivity contribution < 1.29 is 23.8 Å². The molecule has 114 valence electrons. The minimum absolute atomic E-state index is 0.00608. The normalized spacial score (nSPS) is 23.3. The van der Waals surface area contributed by atoms with E-state index in [9.17, 15) is 9.59 Å². The molecule has 1 aliphatic heterocycles. The summed E-state index contributed by atoms with van der Waals surface area (Å²) in [6, 6.07) is 0. The number of carbonyl (C=O) groups is 2. The average Bonchev–Trinajstić information content (AvgIpc) is 2.34. The molecule has 0 bridgehead atoms. The predicted octanol–water partition coefficient (Wildman–Crippen LogP) is 2.30. The number of carbonyl (C=O) groups excluding carboxylic acids is 2. The molecule has 1 saturated heterocycles. The Morgan fingerprint density at radius 3 is 2.85 bits per heavy atom. The van der Waals surface area contributed by atoms with Crippen molar-refractivity contribution in [1.82, 2.24) is 0 Å². The van der Waals surface area contributed by atoms with Gasteiger partial charge in [0.05, 0.1) is 13.0 Å². The Kier molecular flexibility index (Phi) is 7.09. The fraction of sp³-hybridized carbons (Fsp3) is 0.714. The SMILES string of the molecule is C=C(C)C(=O)OCCC(=O)OC1(C)COCCCCS1. The van der Waals surface area contributed by atoms with Gasteiger partial charge in [-0.1, -0.05) is 6.58 Å². The summed E-state index contributed by atoms with van der Waals surface area (Å²) in [5, 5.41) is 0. The number of hydrogen-bond acceptors (Lipinski definition) is 6. The highest BCUT2D eigenvalue weighted by atomic mass is 32.2. The molecule has 1 aliphatic rings. The fourth-order valence-corrected chi connectivity index (χ4v) is 2.69. The zero-order chi connectivity index (χ0) is 15.0. The van der Waals surface area contributed by atoms with Crippen molar-refractivity contribution in [3.63, 3.8) is 0 Å². The van der Waals surface area contributed by atoms with Gasteiger partial charge >= 0.3 is 11.9 Å². The number of thioether (sulfide) groups is 1. The van der Waals surface area contributed by atoms with Crippen LogP contribution in [0.15, 0.2) is 12.2 Å². The van der Waals surface area contributed by atoms with Crippen molar-refractivity contribution in [2.24, 2.45) is 0 Å². The summed E-state index contributed by atoms with van der Waals surface area (Å²) in [5.74, 6) is 0.0592. The molecule has 6 heteroatoms. The van der Waals surface area contributed by atoms with Crippen molar-refractivity contribution in [3.8, 4) is 0 Å². The van der Waals surface area contributed by atoms with Crippen LogP contribution in [0.2, 0.25) is 0 Å². The van der Waals surface area contributed by atoms with Crippen LogP contribution in [0.1, 0.15) is 33.1 Å². The molecule has 0 aromatic rings. The molecule has 0 saturated carbocycles. The first-order valence-corrected chi connectivity index (χ1v) is 7.68. The first-order valence-electron chi connectivity index (χ1n) is 6.69. The zero-order valence-electron chi connectivity index (χ0n) is 12.1. The van der Waals surface area contributed by atoms with Gasteiger partial charge in [0.2, 0.25) is 0 Å². The Hall–Kier alpha value is -1.01. The van der Waals surface area contributed by atoms with Crippen molar-refractivity contribution in [1.29, 1.82) is 0 Å². The summed E-state index contributed by atoms with van der Waals surface area (Å²) in [6.45, 7) is 7.96. The highest BCUT2D eigenvalue weighted by Crippen LogP contribution is 2.30. The summed E-state index contributed by atoms with van der Waals surface area (Å²) >= 11 is 1.58. The van der Waals surface area contributed by atoms with E-state index in [1.165, 1.54) is 0 Å². The molecular formula is C14H22O5S. The molecule has 0 spiro atoms. The van der Waals surface area contributed by atoms with Gasteiger partial charge in [-0.2, -0.15) is 0 Å². The Morgan fingerprint density at radius 2 is 2.15 bits per heavy atom. The van der Waals surface area contributed by atoms with Gasteiger partial charge in [0.25, 0.3) is 0 Å². The number of hydrogen-bond donors (Lipinski definition) is 0. The van der Waals surface area contributed by atoms with E-state index in [2.05, 4.69) is 6.58 Å². The van der Waals surface area contributed by atoms with Crippen LogP contribution in [0, 0.1) is 0 Å². The Balaban J connectivity index is 2.32. The third kappa shape index (κ3) is 6.43. The lowest BCUT2D eigenvalue weighted by atomic mass is 10.3. The van der Waals surface area contributed by atoms with Gasteiger partial charge in [-0.15, -0.1) is 11.8 Å². The first-order chi connectivity index (χ1) is 9.43. The second-order valence-electron chi connectivity index (χ2n) is 4.88. The van der Waals surface area contributed by atoms with Crippen LogP contribution >= 0.6 is 11.8 Å². The molecule has 0 aromatic carbocycles. The standard InChI is InChI=1S/C14H22O5S/c1-11(2)13(16)18-8-6-12(15)19-14(3)10-17-7-4-5-9-20-14/h1,4-10H2,2-3H3. The van der Waals surface area contributed by atoms with E-state index < -0.39 is 16.9 Å². The lowest BCUT2D eigenvalue weighted by Crippen LogP contribution is -2.35. The molecule has 0 N–H and O–H groups in total. The summed E-state index contributed by atoms with van der Waals surface area (Å²) in [4.78, 5) is 22.3. The molecule has 1 unspecified atom stereocenters. The zero-order valence-corrected chi connectivity index (χ0v) is 12.9. The van der Waals surface area contributed by atoms with E-state index in [0.29, 0.717) is 18.8 Å². The summed E-state index contributed by atoms with van der Waals surface area (Å²) in [5.41, 5.74) is 0.314. The third-order valence-corrected chi connectivity index (χ3v) is 3.98. The van der Waals surface area contributed by atoms with Gasteiger partial charge in [0, 0.05) is 12.2 Å².